The van der Waals surface area contributed by atoms with Gasteiger partial charge < -0.3 is 19.5 Å². The molecule has 1 aromatic heterocycles. The third-order valence-electron chi connectivity index (χ3n) is 3.96. The minimum absolute atomic E-state index is 0.0761. The molecule has 0 aliphatic rings. The van der Waals surface area contributed by atoms with Crippen molar-refractivity contribution in [1.29, 1.82) is 0 Å². The number of hydrogen-bond acceptors (Lipinski definition) is 7. The molecule has 0 saturated heterocycles. The van der Waals surface area contributed by atoms with Gasteiger partial charge in [-0.15, -0.1) is 5.10 Å². The van der Waals surface area contributed by atoms with Crippen LogP contribution in [0.15, 0.2) is 18.2 Å². The average molecular weight is 402 g/mol. The molecule has 27 heavy (non-hydrogen) atoms. The Morgan fingerprint density at radius 2 is 1.93 bits per heavy atom. The Morgan fingerprint density at radius 1 is 1.19 bits per heavy atom. The maximum Gasteiger partial charge on any atom is 0.173 e. The van der Waals surface area contributed by atoms with Gasteiger partial charge in [0.05, 0.1) is 25.3 Å². The smallest absolute Gasteiger partial charge is 0.173 e. The van der Waals surface area contributed by atoms with Gasteiger partial charge in [0.1, 0.15) is 11.5 Å². The van der Waals surface area contributed by atoms with Gasteiger partial charge in [0.25, 0.3) is 0 Å². The Hall–Kier alpha value is -1.65. The molecule has 0 amide bonds. The van der Waals surface area contributed by atoms with Crippen molar-refractivity contribution in [3.63, 3.8) is 0 Å². The van der Waals surface area contributed by atoms with Crippen molar-refractivity contribution in [2.75, 3.05) is 41.2 Å². The number of nitrogens with zero attached hydrogens (tertiary/aromatic N) is 4. The lowest BCUT2D eigenvalue weighted by atomic mass is 10.1. The van der Waals surface area contributed by atoms with Crippen molar-refractivity contribution in [3.05, 3.63) is 34.9 Å². The van der Waals surface area contributed by atoms with E-state index in [9.17, 15) is 4.39 Å². The maximum absolute atomic E-state index is 14.4. The van der Waals surface area contributed by atoms with Crippen LogP contribution in [0.1, 0.15) is 24.7 Å². The summed E-state index contributed by atoms with van der Waals surface area (Å²) in [6, 6.07) is 4.05. The zero-order valence-corrected chi connectivity index (χ0v) is 16.4. The van der Waals surface area contributed by atoms with E-state index < -0.39 is 5.82 Å². The summed E-state index contributed by atoms with van der Waals surface area (Å²) in [5.74, 6) is -0.0124. The first-order valence-electron chi connectivity index (χ1n) is 8.57. The van der Waals surface area contributed by atoms with E-state index in [0.717, 1.165) is 6.42 Å². The van der Waals surface area contributed by atoms with Gasteiger partial charge in [-0.2, -0.15) is 4.68 Å². The molecule has 2 aromatic rings. The predicted octanol–water partition coefficient (Wildman–Crippen LogP) is 2.17. The van der Waals surface area contributed by atoms with E-state index in [0.29, 0.717) is 37.1 Å². The summed E-state index contributed by atoms with van der Waals surface area (Å²) < 4.78 is 31.4. The second-order valence-corrected chi connectivity index (χ2v) is 6.44. The largest absolute Gasteiger partial charge is 0.385 e. The van der Waals surface area contributed by atoms with Gasteiger partial charge in [0.15, 0.2) is 5.82 Å². The number of tetrazole rings is 1. The highest BCUT2D eigenvalue weighted by Crippen LogP contribution is 2.23. The Kier molecular flexibility index (Phi) is 9.02. The molecule has 0 radical (unpaired) electrons. The number of ether oxygens (including phenoxy) is 3. The SMILES string of the molecule is COCCCC(NC(COC)COC)c1nnnn1-c1ccc(Cl)cc1F. The third kappa shape index (κ3) is 6.18. The van der Waals surface area contributed by atoms with Gasteiger partial charge in [-0.25, -0.2) is 4.39 Å². The van der Waals surface area contributed by atoms with Crippen molar-refractivity contribution in [3.8, 4) is 5.69 Å². The molecule has 10 heteroatoms. The van der Waals surface area contributed by atoms with E-state index >= 15 is 0 Å². The van der Waals surface area contributed by atoms with Crippen molar-refractivity contribution < 1.29 is 18.6 Å². The van der Waals surface area contributed by atoms with E-state index in [1.807, 2.05) is 0 Å². The van der Waals surface area contributed by atoms with Gasteiger partial charge in [0.2, 0.25) is 0 Å². The molecule has 150 valence electrons. The molecule has 1 heterocycles. The summed E-state index contributed by atoms with van der Waals surface area (Å²) >= 11 is 5.85. The average Bonchev–Trinajstić information content (AvgIpc) is 3.10. The van der Waals surface area contributed by atoms with Crippen molar-refractivity contribution in [1.82, 2.24) is 25.5 Å². The number of benzene rings is 1. The number of halogens is 2. The zero-order valence-electron chi connectivity index (χ0n) is 15.7. The molecule has 1 N–H and O–H groups in total. The minimum Gasteiger partial charge on any atom is -0.385 e. The van der Waals surface area contributed by atoms with E-state index in [1.54, 1.807) is 33.5 Å². The van der Waals surface area contributed by atoms with Crippen LogP contribution in [0.4, 0.5) is 4.39 Å². The maximum atomic E-state index is 14.4. The molecular formula is C17H25ClFN5O3. The zero-order chi connectivity index (χ0) is 19.6. The Balaban J connectivity index is 2.30. The highest BCUT2D eigenvalue weighted by molar-refractivity contribution is 6.30. The molecule has 1 atom stereocenters. The Morgan fingerprint density at radius 3 is 2.56 bits per heavy atom. The standard InChI is InChI=1S/C17H25ClFN5O3/c1-25-8-4-5-15(20-13(10-26-2)11-27-3)17-21-22-23-24(17)16-7-6-12(18)9-14(16)19/h6-7,9,13,15,20H,4-5,8,10-11H2,1-3H3. The number of rotatable bonds is 12. The van der Waals surface area contributed by atoms with Gasteiger partial charge >= 0.3 is 0 Å². The summed E-state index contributed by atoms with van der Waals surface area (Å²) in [4.78, 5) is 0. The summed E-state index contributed by atoms with van der Waals surface area (Å²) in [7, 11) is 4.89. The van der Waals surface area contributed by atoms with E-state index in [4.69, 9.17) is 25.8 Å². The second kappa shape index (κ2) is 11.3. The molecule has 1 unspecified atom stereocenters. The molecule has 0 bridgehead atoms. The van der Waals surface area contributed by atoms with Crippen molar-refractivity contribution in [2.45, 2.75) is 24.9 Å². The lowest BCUT2D eigenvalue weighted by Gasteiger charge is -2.24. The summed E-state index contributed by atoms with van der Waals surface area (Å²) in [5.41, 5.74) is 0.230. The molecule has 0 saturated carbocycles. The summed E-state index contributed by atoms with van der Waals surface area (Å²) in [5, 5.41) is 15.6. The molecule has 0 spiro atoms. The fourth-order valence-electron chi connectivity index (χ4n) is 2.79. The normalized spacial score (nSPS) is 12.7. The minimum atomic E-state index is -0.503. The first-order chi connectivity index (χ1) is 13.1. The third-order valence-corrected chi connectivity index (χ3v) is 4.19. The van der Waals surface area contributed by atoms with Gasteiger partial charge in [-0.1, -0.05) is 11.6 Å². The van der Waals surface area contributed by atoms with Crippen LogP contribution in [0.25, 0.3) is 5.69 Å². The van der Waals surface area contributed by atoms with Crippen LogP contribution in [0.5, 0.6) is 0 Å². The van der Waals surface area contributed by atoms with E-state index in [1.165, 1.54) is 10.7 Å². The van der Waals surface area contributed by atoms with Crippen LogP contribution < -0.4 is 5.32 Å². The van der Waals surface area contributed by atoms with Gasteiger partial charge in [-0.05, 0) is 41.5 Å². The predicted molar refractivity (Wildman–Crippen MR) is 98.6 cm³/mol. The Labute approximate surface area is 162 Å². The fraction of sp³-hybridized carbons (Fsp3) is 0.588. The van der Waals surface area contributed by atoms with Crippen LogP contribution in [0.3, 0.4) is 0 Å². The molecule has 2 rings (SSSR count). The van der Waals surface area contributed by atoms with Gasteiger partial charge in [-0.3, -0.25) is 0 Å². The monoisotopic (exact) mass is 401 g/mol. The molecule has 0 fully saturated rings. The lowest BCUT2D eigenvalue weighted by Crippen LogP contribution is -2.40. The van der Waals surface area contributed by atoms with E-state index in [-0.39, 0.29) is 17.8 Å². The fourth-order valence-corrected chi connectivity index (χ4v) is 2.94. The van der Waals surface area contributed by atoms with Crippen molar-refractivity contribution in [2.24, 2.45) is 0 Å². The van der Waals surface area contributed by atoms with Crippen LogP contribution >= 0.6 is 11.6 Å². The number of methoxy groups -OCH3 is 3. The second-order valence-electron chi connectivity index (χ2n) is 6.01. The molecule has 8 nitrogen and oxygen atoms in total. The number of aromatic nitrogens is 4. The van der Waals surface area contributed by atoms with E-state index in [2.05, 4.69) is 20.8 Å². The highest BCUT2D eigenvalue weighted by atomic mass is 35.5. The molecule has 0 aliphatic heterocycles. The first-order valence-corrected chi connectivity index (χ1v) is 8.95. The highest BCUT2D eigenvalue weighted by Gasteiger charge is 2.24. The van der Waals surface area contributed by atoms with Gasteiger partial charge in [0, 0.05) is 33.0 Å². The summed E-state index contributed by atoms with van der Waals surface area (Å²) in [6.07, 6.45) is 1.46. The van der Waals surface area contributed by atoms with Crippen molar-refractivity contribution >= 4 is 11.6 Å². The van der Waals surface area contributed by atoms with Crippen LogP contribution in [0.2, 0.25) is 5.02 Å². The summed E-state index contributed by atoms with van der Waals surface area (Å²) in [6.45, 7) is 1.49. The van der Waals surface area contributed by atoms with Crippen LogP contribution in [-0.2, 0) is 14.2 Å². The number of hydrogen-bond donors (Lipinski definition) is 1. The lowest BCUT2D eigenvalue weighted by molar-refractivity contribution is 0.0946. The Bertz CT molecular complexity index is 697. The first kappa shape index (κ1) is 21.6. The molecule has 1 aromatic carbocycles. The topological polar surface area (TPSA) is 83.3 Å². The molecule has 0 aliphatic carbocycles. The van der Waals surface area contributed by atoms with Crippen LogP contribution in [0, 0.1) is 5.82 Å². The number of nitrogens with one attached hydrogen (secondary N) is 1. The molecular weight excluding hydrogens is 377 g/mol. The quantitative estimate of drug-likeness (QED) is 0.545. The van der Waals surface area contributed by atoms with Crippen LogP contribution in [-0.4, -0.2) is 67.4 Å².